The SMILES string of the molecule is CCC1CCCC(O)(c2ccc(C(F)(F)F)cc2C)CC1. The van der Waals surface area contributed by atoms with Gasteiger partial charge >= 0.3 is 6.18 Å². The van der Waals surface area contributed by atoms with Crippen LogP contribution in [0.2, 0.25) is 0 Å². The first-order valence-electron chi connectivity index (χ1n) is 7.67. The van der Waals surface area contributed by atoms with Crippen LogP contribution in [0.25, 0.3) is 0 Å². The highest BCUT2D eigenvalue weighted by Crippen LogP contribution is 2.41. The van der Waals surface area contributed by atoms with E-state index in [0.29, 0.717) is 29.9 Å². The van der Waals surface area contributed by atoms with E-state index in [0.717, 1.165) is 37.8 Å². The third kappa shape index (κ3) is 3.60. The lowest BCUT2D eigenvalue weighted by molar-refractivity contribution is -0.137. The van der Waals surface area contributed by atoms with E-state index in [2.05, 4.69) is 6.92 Å². The summed E-state index contributed by atoms with van der Waals surface area (Å²) in [5.41, 5.74) is -0.431. The predicted octanol–water partition coefficient (Wildman–Crippen LogP) is 5.19. The van der Waals surface area contributed by atoms with Crippen LogP contribution in [-0.2, 0) is 11.8 Å². The van der Waals surface area contributed by atoms with Crippen LogP contribution in [0.15, 0.2) is 18.2 Å². The summed E-state index contributed by atoms with van der Waals surface area (Å²) in [4.78, 5) is 0. The van der Waals surface area contributed by atoms with Gasteiger partial charge in [-0.25, -0.2) is 0 Å². The highest BCUT2D eigenvalue weighted by atomic mass is 19.4. The average Bonchev–Trinajstić information content (AvgIpc) is 2.60. The lowest BCUT2D eigenvalue weighted by Gasteiger charge is -2.29. The highest BCUT2D eigenvalue weighted by Gasteiger charge is 2.35. The maximum absolute atomic E-state index is 12.7. The summed E-state index contributed by atoms with van der Waals surface area (Å²) in [6.45, 7) is 3.81. The van der Waals surface area contributed by atoms with E-state index in [9.17, 15) is 18.3 Å². The maximum Gasteiger partial charge on any atom is 0.416 e. The second-order valence-electron chi connectivity index (χ2n) is 6.26. The zero-order chi connectivity index (χ0) is 15.7. The second kappa shape index (κ2) is 5.99. The van der Waals surface area contributed by atoms with Crippen LogP contribution in [0.5, 0.6) is 0 Å². The standard InChI is InChI=1S/C17H23F3O/c1-3-13-5-4-9-16(21,10-8-13)15-7-6-14(11-12(15)2)17(18,19)20/h6-7,11,13,21H,3-5,8-10H2,1-2H3. The molecule has 1 aliphatic rings. The van der Waals surface area contributed by atoms with Gasteiger partial charge in [0.05, 0.1) is 11.2 Å². The molecule has 1 aromatic carbocycles. The molecule has 0 bridgehead atoms. The van der Waals surface area contributed by atoms with Gasteiger partial charge in [-0.3, -0.25) is 0 Å². The van der Waals surface area contributed by atoms with E-state index in [4.69, 9.17) is 0 Å². The Morgan fingerprint density at radius 3 is 2.52 bits per heavy atom. The highest BCUT2D eigenvalue weighted by molar-refractivity contribution is 5.36. The van der Waals surface area contributed by atoms with Crippen molar-refractivity contribution in [3.8, 4) is 0 Å². The summed E-state index contributed by atoms with van der Waals surface area (Å²) >= 11 is 0. The fourth-order valence-corrected chi connectivity index (χ4v) is 3.44. The summed E-state index contributed by atoms with van der Waals surface area (Å²) in [5.74, 6) is 0.619. The van der Waals surface area contributed by atoms with Crippen molar-refractivity contribution in [1.82, 2.24) is 0 Å². The number of aryl methyl sites for hydroxylation is 1. The van der Waals surface area contributed by atoms with Crippen LogP contribution in [0.1, 0.15) is 62.1 Å². The van der Waals surface area contributed by atoms with Crippen LogP contribution in [0.4, 0.5) is 13.2 Å². The normalized spacial score (nSPS) is 27.4. The molecule has 1 N–H and O–H groups in total. The molecule has 0 heterocycles. The monoisotopic (exact) mass is 300 g/mol. The van der Waals surface area contributed by atoms with Crippen LogP contribution in [0, 0.1) is 12.8 Å². The molecule has 0 aliphatic heterocycles. The number of hydrogen-bond acceptors (Lipinski definition) is 1. The van der Waals surface area contributed by atoms with Crippen molar-refractivity contribution < 1.29 is 18.3 Å². The Labute approximate surface area is 124 Å². The van der Waals surface area contributed by atoms with E-state index in [1.54, 1.807) is 6.92 Å². The molecule has 118 valence electrons. The molecule has 2 rings (SSSR count). The minimum atomic E-state index is -4.33. The Morgan fingerprint density at radius 2 is 1.95 bits per heavy atom. The minimum Gasteiger partial charge on any atom is -0.385 e. The van der Waals surface area contributed by atoms with Gasteiger partial charge in [-0.1, -0.05) is 25.8 Å². The molecule has 0 radical (unpaired) electrons. The first kappa shape index (κ1) is 16.3. The van der Waals surface area contributed by atoms with E-state index < -0.39 is 17.3 Å². The molecule has 1 fully saturated rings. The lowest BCUT2D eigenvalue weighted by Crippen LogP contribution is -2.26. The van der Waals surface area contributed by atoms with Crippen molar-refractivity contribution >= 4 is 0 Å². The molecule has 2 unspecified atom stereocenters. The number of alkyl halides is 3. The van der Waals surface area contributed by atoms with Gasteiger partial charge in [-0.15, -0.1) is 0 Å². The van der Waals surface area contributed by atoms with Crippen molar-refractivity contribution in [2.45, 2.75) is 64.1 Å². The molecule has 2 atom stereocenters. The second-order valence-corrected chi connectivity index (χ2v) is 6.26. The fraction of sp³-hybridized carbons (Fsp3) is 0.647. The van der Waals surface area contributed by atoms with E-state index in [-0.39, 0.29) is 0 Å². The van der Waals surface area contributed by atoms with Crippen molar-refractivity contribution in [2.75, 3.05) is 0 Å². The predicted molar refractivity (Wildman–Crippen MR) is 76.9 cm³/mol. The Kier molecular flexibility index (Phi) is 4.66. The molecule has 1 saturated carbocycles. The number of hydrogen-bond donors (Lipinski definition) is 1. The molecule has 0 spiro atoms. The Balaban J connectivity index is 2.28. The zero-order valence-corrected chi connectivity index (χ0v) is 12.6. The van der Waals surface area contributed by atoms with Crippen LogP contribution in [-0.4, -0.2) is 5.11 Å². The third-order valence-electron chi connectivity index (χ3n) is 4.80. The molecule has 0 amide bonds. The Morgan fingerprint density at radius 1 is 1.24 bits per heavy atom. The van der Waals surface area contributed by atoms with Gasteiger partial charge < -0.3 is 5.11 Å². The molecular formula is C17H23F3O. The van der Waals surface area contributed by atoms with Gasteiger partial charge in [0.2, 0.25) is 0 Å². The largest absolute Gasteiger partial charge is 0.416 e. The number of halogens is 3. The van der Waals surface area contributed by atoms with E-state index in [1.807, 2.05) is 0 Å². The smallest absolute Gasteiger partial charge is 0.385 e. The number of rotatable bonds is 2. The average molecular weight is 300 g/mol. The van der Waals surface area contributed by atoms with Gasteiger partial charge in [-0.05, 0) is 61.8 Å². The van der Waals surface area contributed by atoms with Crippen molar-refractivity contribution in [1.29, 1.82) is 0 Å². The number of benzene rings is 1. The quantitative estimate of drug-likeness (QED) is 0.745. The first-order valence-corrected chi connectivity index (χ1v) is 7.67. The van der Waals surface area contributed by atoms with E-state index in [1.165, 1.54) is 6.07 Å². The summed E-state index contributed by atoms with van der Waals surface area (Å²) in [7, 11) is 0. The molecule has 0 aromatic heterocycles. The summed E-state index contributed by atoms with van der Waals surface area (Å²) in [6, 6.07) is 3.70. The topological polar surface area (TPSA) is 20.2 Å². The molecule has 1 nitrogen and oxygen atoms in total. The van der Waals surface area contributed by atoms with Crippen LogP contribution in [0.3, 0.4) is 0 Å². The van der Waals surface area contributed by atoms with Gasteiger partial charge in [-0.2, -0.15) is 13.2 Å². The van der Waals surface area contributed by atoms with Crippen LogP contribution >= 0.6 is 0 Å². The van der Waals surface area contributed by atoms with E-state index >= 15 is 0 Å². The zero-order valence-electron chi connectivity index (χ0n) is 12.6. The molecule has 21 heavy (non-hydrogen) atoms. The van der Waals surface area contributed by atoms with Gasteiger partial charge in [0.25, 0.3) is 0 Å². The fourth-order valence-electron chi connectivity index (χ4n) is 3.44. The molecule has 4 heteroatoms. The van der Waals surface area contributed by atoms with Crippen molar-refractivity contribution in [2.24, 2.45) is 5.92 Å². The maximum atomic E-state index is 12.7. The third-order valence-corrected chi connectivity index (χ3v) is 4.80. The van der Waals surface area contributed by atoms with Crippen LogP contribution < -0.4 is 0 Å². The van der Waals surface area contributed by atoms with Gasteiger partial charge in [0, 0.05) is 0 Å². The summed E-state index contributed by atoms with van der Waals surface area (Å²) < 4.78 is 38.2. The lowest BCUT2D eigenvalue weighted by atomic mass is 9.83. The van der Waals surface area contributed by atoms with Crippen molar-refractivity contribution in [3.05, 3.63) is 34.9 Å². The molecular weight excluding hydrogens is 277 g/mol. The Bertz CT molecular complexity index is 495. The van der Waals surface area contributed by atoms with Gasteiger partial charge in [0.15, 0.2) is 0 Å². The van der Waals surface area contributed by atoms with Gasteiger partial charge in [0.1, 0.15) is 0 Å². The first-order chi connectivity index (χ1) is 9.76. The minimum absolute atomic E-state index is 0.530. The number of aliphatic hydroxyl groups is 1. The molecule has 1 aliphatic carbocycles. The van der Waals surface area contributed by atoms with Crippen molar-refractivity contribution in [3.63, 3.8) is 0 Å². The Hall–Kier alpha value is -1.03. The summed E-state index contributed by atoms with van der Waals surface area (Å²) in [5, 5.41) is 10.9. The molecule has 1 aromatic rings. The molecule has 0 saturated heterocycles. The summed E-state index contributed by atoms with van der Waals surface area (Å²) in [6.07, 6.45) is 1.000.